The standard InChI is InChI=1S/C22H26N2O2/c23-20-18-12-7-13-19(14-18)24(21(20)17-10-5-2-6-11-17)22(25)26-15-16-8-3-1-4-9-16/h1-6,8-11,18-21H,7,12-15,23H2. The zero-order valence-corrected chi connectivity index (χ0v) is 15.0. The highest BCUT2D eigenvalue weighted by molar-refractivity contribution is 5.69. The van der Waals surface area contributed by atoms with E-state index in [0.717, 1.165) is 36.8 Å². The maximum atomic E-state index is 13.0. The average molecular weight is 350 g/mol. The molecule has 4 atom stereocenters. The van der Waals surface area contributed by atoms with Crippen molar-refractivity contribution in [3.63, 3.8) is 0 Å². The third-order valence-corrected chi connectivity index (χ3v) is 5.85. The van der Waals surface area contributed by atoms with Crippen LogP contribution in [0.15, 0.2) is 60.7 Å². The number of hydrogen-bond donors (Lipinski definition) is 1. The molecule has 4 rings (SSSR count). The van der Waals surface area contributed by atoms with E-state index in [2.05, 4.69) is 12.1 Å². The second kappa shape index (κ2) is 7.50. The Kier molecular flexibility index (Phi) is 4.93. The van der Waals surface area contributed by atoms with Crippen molar-refractivity contribution >= 4 is 6.09 Å². The van der Waals surface area contributed by atoms with Gasteiger partial charge in [-0.2, -0.15) is 0 Å². The molecular weight excluding hydrogens is 324 g/mol. The zero-order chi connectivity index (χ0) is 17.9. The minimum atomic E-state index is -0.247. The minimum Gasteiger partial charge on any atom is -0.445 e. The normalized spacial score (nSPS) is 27.8. The number of carbonyl (C=O) groups is 1. The Labute approximate surface area is 155 Å². The topological polar surface area (TPSA) is 55.6 Å². The van der Waals surface area contributed by atoms with Gasteiger partial charge in [0.2, 0.25) is 0 Å². The van der Waals surface area contributed by atoms with E-state index in [4.69, 9.17) is 10.5 Å². The first-order valence-electron chi connectivity index (χ1n) is 9.53. The Morgan fingerprint density at radius 2 is 1.73 bits per heavy atom. The second-order valence-electron chi connectivity index (χ2n) is 7.46. The van der Waals surface area contributed by atoms with Gasteiger partial charge in [-0.15, -0.1) is 0 Å². The Morgan fingerprint density at radius 1 is 1.04 bits per heavy atom. The van der Waals surface area contributed by atoms with Crippen LogP contribution in [0.25, 0.3) is 0 Å². The molecule has 0 aromatic heterocycles. The fourth-order valence-electron chi connectivity index (χ4n) is 4.56. The fraction of sp³-hybridized carbons (Fsp3) is 0.409. The molecule has 2 N–H and O–H groups in total. The van der Waals surface area contributed by atoms with Crippen molar-refractivity contribution in [2.45, 2.75) is 50.4 Å². The lowest BCUT2D eigenvalue weighted by Gasteiger charge is -2.51. The van der Waals surface area contributed by atoms with Gasteiger partial charge in [-0.05, 0) is 36.3 Å². The van der Waals surface area contributed by atoms with Gasteiger partial charge in [0.25, 0.3) is 0 Å². The first-order valence-corrected chi connectivity index (χ1v) is 9.53. The van der Waals surface area contributed by atoms with Crippen LogP contribution in [-0.2, 0) is 11.3 Å². The summed E-state index contributed by atoms with van der Waals surface area (Å²) < 4.78 is 5.69. The largest absolute Gasteiger partial charge is 0.445 e. The molecule has 1 aliphatic heterocycles. The molecule has 4 unspecified atom stereocenters. The molecule has 2 aromatic carbocycles. The van der Waals surface area contributed by atoms with Crippen LogP contribution in [0.1, 0.15) is 42.9 Å². The Morgan fingerprint density at radius 3 is 2.46 bits per heavy atom. The van der Waals surface area contributed by atoms with Gasteiger partial charge in [0.15, 0.2) is 0 Å². The number of fused-ring (bicyclic) bond motifs is 2. The highest BCUT2D eigenvalue weighted by atomic mass is 16.6. The summed E-state index contributed by atoms with van der Waals surface area (Å²) in [6.45, 7) is 0.295. The molecule has 0 radical (unpaired) electrons. The van der Waals surface area contributed by atoms with Crippen LogP contribution in [0.4, 0.5) is 4.79 Å². The van der Waals surface area contributed by atoms with E-state index in [-0.39, 0.29) is 24.2 Å². The van der Waals surface area contributed by atoms with Gasteiger partial charge in [-0.25, -0.2) is 4.79 Å². The van der Waals surface area contributed by atoms with Crippen LogP contribution in [0.2, 0.25) is 0 Å². The quantitative estimate of drug-likeness (QED) is 0.899. The molecule has 1 saturated carbocycles. The summed E-state index contributed by atoms with van der Waals surface area (Å²) in [4.78, 5) is 15.0. The van der Waals surface area contributed by atoms with Crippen LogP contribution in [0.5, 0.6) is 0 Å². The van der Waals surface area contributed by atoms with E-state index in [1.165, 1.54) is 0 Å². The van der Waals surface area contributed by atoms with Gasteiger partial charge >= 0.3 is 6.09 Å². The Hall–Kier alpha value is -2.33. The number of benzene rings is 2. The van der Waals surface area contributed by atoms with Crippen LogP contribution in [-0.4, -0.2) is 23.1 Å². The third-order valence-electron chi connectivity index (χ3n) is 5.85. The summed E-state index contributed by atoms with van der Waals surface area (Å²) >= 11 is 0. The lowest BCUT2D eigenvalue weighted by Crippen LogP contribution is -2.58. The van der Waals surface area contributed by atoms with Gasteiger partial charge in [0.05, 0.1) is 6.04 Å². The molecule has 4 nitrogen and oxygen atoms in total. The van der Waals surface area contributed by atoms with Crippen molar-refractivity contribution in [2.24, 2.45) is 11.7 Å². The SMILES string of the molecule is NC1C2CCCC(C2)N(C(=O)OCc2ccccc2)C1c1ccccc1. The van der Waals surface area contributed by atoms with Crippen LogP contribution < -0.4 is 5.73 Å². The Balaban J connectivity index is 1.58. The maximum Gasteiger partial charge on any atom is 0.410 e. The maximum absolute atomic E-state index is 13.0. The highest BCUT2D eigenvalue weighted by Crippen LogP contribution is 2.43. The van der Waals surface area contributed by atoms with E-state index >= 15 is 0 Å². The molecule has 1 amide bonds. The smallest absolute Gasteiger partial charge is 0.410 e. The molecule has 1 saturated heterocycles. The summed E-state index contributed by atoms with van der Waals surface area (Å²) in [5.41, 5.74) is 8.75. The Bertz CT molecular complexity index is 734. The van der Waals surface area contributed by atoms with Crippen molar-refractivity contribution < 1.29 is 9.53 Å². The number of nitrogens with zero attached hydrogens (tertiary/aromatic N) is 1. The molecule has 2 aliphatic rings. The predicted molar refractivity (Wildman–Crippen MR) is 101 cm³/mol. The number of nitrogens with two attached hydrogens (primary N) is 1. The van der Waals surface area contributed by atoms with Crippen LogP contribution in [0, 0.1) is 5.92 Å². The third kappa shape index (κ3) is 3.34. The molecule has 26 heavy (non-hydrogen) atoms. The number of likely N-dealkylation sites (tertiary alicyclic amines) is 1. The number of rotatable bonds is 3. The molecule has 2 aromatic rings. The van der Waals surface area contributed by atoms with Gasteiger partial charge in [0.1, 0.15) is 6.61 Å². The summed E-state index contributed by atoms with van der Waals surface area (Å²) in [7, 11) is 0. The number of piperidine rings is 1. The lowest BCUT2D eigenvalue weighted by molar-refractivity contribution is -0.00357. The molecule has 1 aliphatic carbocycles. The molecule has 2 fully saturated rings. The fourth-order valence-corrected chi connectivity index (χ4v) is 4.56. The monoisotopic (exact) mass is 350 g/mol. The van der Waals surface area contributed by atoms with Crippen LogP contribution in [0.3, 0.4) is 0 Å². The zero-order valence-electron chi connectivity index (χ0n) is 15.0. The summed E-state index contributed by atoms with van der Waals surface area (Å²) in [6.07, 6.45) is 4.07. The van der Waals surface area contributed by atoms with E-state index < -0.39 is 0 Å². The van der Waals surface area contributed by atoms with E-state index in [1.54, 1.807) is 0 Å². The predicted octanol–water partition coefficient (Wildman–Crippen LogP) is 4.27. The van der Waals surface area contributed by atoms with Gasteiger partial charge in [-0.1, -0.05) is 67.1 Å². The molecule has 1 heterocycles. The summed E-state index contributed by atoms with van der Waals surface area (Å²) in [5.74, 6) is 0.483. The highest BCUT2D eigenvalue weighted by Gasteiger charge is 2.46. The van der Waals surface area contributed by atoms with Gasteiger partial charge in [0, 0.05) is 12.1 Å². The van der Waals surface area contributed by atoms with E-state index in [0.29, 0.717) is 12.5 Å². The van der Waals surface area contributed by atoms with Crippen molar-refractivity contribution in [2.75, 3.05) is 0 Å². The van der Waals surface area contributed by atoms with Gasteiger partial charge < -0.3 is 10.5 Å². The average Bonchev–Trinajstić information content (AvgIpc) is 2.70. The molecular formula is C22H26N2O2. The van der Waals surface area contributed by atoms with E-state index in [9.17, 15) is 4.79 Å². The number of hydrogen-bond acceptors (Lipinski definition) is 3. The number of carbonyl (C=O) groups excluding carboxylic acids is 1. The van der Waals surface area contributed by atoms with Crippen molar-refractivity contribution in [3.8, 4) is 0 Å². The lowest BCUT2D eigenvalue weighted by atomic mass is 9.72. The first-order chi connectivity index (χ1) is 12.7. The number of ether oxygens (including phenoxy) is 1. The summed E-state index contributed by atoms with van der Waals surface area (Å²) in [6, 6.07) is 20.1. The molecule has 4 heteroatoms. The molecule has 136 valence electrons. The molecule has 2 bridgehead atoms. The van der Waals surface area contributed by atoms with E-state index in [1.807, 2.05) is 53.4 Å². The van der Waals surface area contributed by atoms with Crippen molar-refractivity contribution in [1.29, 1.82) is 0 Å². The van der Waals surface area contributed by atoms with Crippen molar-refractivity contribution in [3.05, 3.63) is 71.8 Å². The van der Waals surface area contributed by atoms with Gasteiger partial charge in [-0.3, -0.25) is 4.90 Å². The summed E-state index contributed by atoms with van der Waals surface area (Å²) in [5, 5.41) is 0. The minimum absolute atomic E-state index is 0.0433. The van der Waals surface area contributed by atoms with Crippen molar-refractivity contribution in [1.82, 2.24) is 4.90 Å². The molecule has 0 spiro atoms. The first kappa shape index (κ1) is 17.1. The number of amides is 1. The van der Waals surface area contributed by atoms with Crippen LogP contribution >= 0.6 is 0 Å². The second-order valence-corrected chi connectivity index (χ2v) is 7.46.